The van der Waals surface area contributed by atoms with Gasteiger partial charge in [-0.05, 0) is 43.1 Å². The van der Waals surface area contributed by atoms with E-state index in [1.807, 2.05) is 18.2 Å². The summed E-state index contributed by atoms with van der Waals surface area (Å²) in [6.07, 6.45) is 5.28. The first-order valence-corrected chi connectivity index (χ1v) is 6.72. The molecular weight excluding hydrogens is 246 g/mol. The monoisotopic (exact) mass is 267 g/mol. The van der Waals surface area contributed by atoms with Gasteiger partial charge in [0.05, 0.1) is 12.1 Å². The van der Waals surface area contributed by atoms with E-state index in [2.05, 4.69) is 31.3 Å². The lowest BCUT2D eigenvalue weighted by molar-refractivity contribution is 0.415. The largest absolute Gasteiger partial charge is 0.495 e. The Kier molecular flexibility index (Phi) is 6.84. The van der Waals surface area contributed by atoms with Crippen LogP contribution in [0.4, 0.5) is 0 Å². The molecule has 2 nitrogen and oxygen atoms in total. The number of nitrogens with one attached hydrogen (secondary N) is 1. The summed E-state index contributed by atoms with van der Waals surface area (Å²) in [5, 5.41) is 4.05. The maximum Gasteiger partial charge on any atom is 0.138 e. The van der Waals surface area contributed by atoms with Gasteiger partial charge in [0.1, 0.15) is 5.75 Å². The number of rotatable bonds is 7. The normalized spacial score (nSPS) is 11.4. The van der Waals surface area contributed by atoms with Crippen LogP contribution in [-0.4, -0.2) is 20.2 Å². The van der Waals surface area contributed by atoms with Gasteiger partial charge in [-0.15, -0.1) is 0 Å². The Morgan fingerprint density at radius 1 is 1.39 bits per heavy atom. The van der Waals surface area contributed by atoms with Crippen LogP contribution in [0.2, 0.25) is 5.02 Å². The quantitative estimate of drug-likeness (QED) is 0.754. The van der Waals surface area contributed by atoms with Gasteiger partial charge in [0.15, 0.2) is 0 Å². The van der Waals surface area contributed by atoms with Crippen molar-refractivity contribution in [3.8, 4) is 5.75 Å². The zero-order chi connectivity index (χ0) is 13.4. The van der Waals surface area contributed by atoms with Gasteiger partial charge in [-0.3, -0.25) is 0 Å². The second kappa shape index (κ2) is 8.17. The van der Waals surface area contributed by atoms with E-state index in [1.54, 1.807) is 7.11 Å². The Labute approximate surface area is 115 Å². The minimum atomic E-state index is 0.647. The van der Waals surface area contributed by atoms with E-state index in [0.717, 1.165) is 30.8 Å². The van der Waals surface area contributed by atoms with Gasteiger partial charge >= 0.3 is 0 Å². The van der Waals surface area contributed by atoms with E-state index >= 15 is 0 Å². The van der Waals surface area contributed by atoms with Crippen molar-refractivity contribution in [1.29, 1.82) is 0 Å². The third kappa shape index (κ3) is 5.56. The third-order valence-corrected chi connectivity index (χ3v) is 2.84. The molecule has 0 aliphatic rings. The molecule has 0 fully saturated rings. The van der Waals surface area contributed by atoms with Gasteiger partial charge in [-0.1, -0.05) is 43.7 Å². The zero-order valence-electron chi connectivity index (χ0n) is 11.4. The summed E-state index contributed by atoms with van der Waals surface area (Å²) in [4.78, 5) is 0. The number of hydrogen-bond donors (Lipinski definition) is 1. The molecule has 0 radical (unpaired) electrons. The van der Waals surface area contributed by atoms with Crippen molar-refractivity contribution in [3.63, 3.8) is 0 Å². The first kappa shape index (κ1) is 15.1. The zero-order valence-corrected chi connectivity index (χ0v) is 12.1. The molecule has 0 atom stereocenters. The Balaban J connectivity index is 2.38. The maximum absolute atomic E-state index is 5.97. The minimum Gasteiger partial charge on any atom is -0.495 e. The molecule has 18 heavy (non-hydrogen) atoms. The number of halogens is 1. The SMILES string of the molecule is COc1cc(C=CCCNCC(C)C)ccc1Cl. The number of hydrogen-bond acceptors (Lipinski definition) is 2. The van der Waals surface area contributed by atoms with E-state index in [4.69, 9.17) is 16.3 Å². The highest BCUT2D eigenvalue weighted by Gasteiger charge is 1.99. The number of benzene rings is 1. The third-order valence-electron chi connectivity index (χ3n) is 2.53. The van der Waals surface area contributed by atoms with Gasteiger partial charge in [0, 0.05) is 0 Å². The van der Waals surface area contributed by atoms with E-state index in [9.17, 15) is 0 Å². The van der Waals surface area contributed by atoms with Gasteiger partial charge < -0.3 is 10.1 Å². The second-order valence-corrected chi connectivity index (χ2v) is 5.09. The summed E-state index contributed by atoms with van der Waals surface area (Å²) in [5.74, 6) is 1.42. The number of ether oxygens (including phenoxy) is 1. The van der Waals surface area contributed by atoms with Crippen LogP contribution < -0.4 is 10.1 Å². The maximum atomic E-state index is 5.97. The minimum absolute atomic E-state index is 0.647. The molecule has 0 saturated carbocycles. The lowest BCUT2D eigenvalue weighted by Crippen LogP contribution is -2.20. The lowest BCUT2D eigenvalue weighted by atomic mass is 10.2. The van der Waals surface area contributed by atoms with Gasteiger partial charge in [-0.2, -0.15) is 0 Å². The fourth-order valence-corrected chi connectivity index (χ4v) is 1.77. The molecule has 1 aromatic carbocycles. The van der Waals surface area contributed by atoms with E-state index < -0.39 is 0 Å². The van der Waals surface area contributed by atoms with Crippen molar-refractivity contribution >= 4 is 17.7 Å². The molecule has 0 bridgehead atoms. The fourth-order valence-electron chi connectivity index (χ4n) is 1.58. The van der Waals surface area contributed by atoms with Crippen LogP contribution in [-0.2, 0) is 0 Å². The Hall–Kier alpha value is -0.990. The van der Waals surface area contributed by atoms with Crippen LogP contribution in [0.15, 0.2) is 24.3 Å². The predicted octanol–water partition coefficient (Wildman–Crippen LogP) is 4.00. The summed E-state index contributed by atoms with van der Waals surface area (Å²) < 4.78 is 5.18. The topological polar surface area (TPSA) is 21.3 Å². The molecule has 0 unspecified atom stereocenters. The molecule has 0 aliphatic heterocycles. The molecule has 100 valence electrons. The highest BCUT2D eigenvalue weighted by Crippen LogP contribution is 2.25. The van der Waals surface area contributed by atoms with Crippen molar-refractivity contribution in [2.24, 2.45) is 5.92 Å². The summed E-state index contributed by atoms with van der Waals surface area (Å²) >= 11 is 5.97. The molecule has 3 heteroatoms. The van der Waals surface area contributed by atoms with E-state index in [1.165, 1.54) is 0 Å². The molecular formula is C15H22ClNO. The standard InChI is InChI=1S/C15H22ClNO/c1-12(2)11-17-9-5-4-6-13-7-8-14(16)15(10-13)18-3/h4,6-8,10,12,17H,5,9,11H2,1-3H3. The summed E-state index contributed by atoms with van der Waals surface area (Å²) in [5.41, 5.74) is 1.11. The molecule has 0 heterocycles. The van der Waals surface area contributed by atoms with Gasteiger partial charge in [-0.25, -0.2) is 0 Å². The van der Waals surface area contributed by atoms with E-state index in [0.29, 0.717) is 10.9 Å². The fraction of sp³-hybridized carbons (Fsp3) is 0.467. The highest BCUT2D eigenvalue weighted by atomic mass is 35.5. The van der Waals surface area contributed by atoms with Crippen LogP contribution in [0.25, 0.3) is 6.08 Å². The predicted molar refractivity (Wildman–Crippen MR) is 79.4 cm³/mol. The Morgan fingerprint density at radius 3 is 2.83 bits per heavy atom. The Bertz CT molecular complexity index is 388. The van der Waals surface area contributed by atoms with Crippen LogP contribution in [0.5, 0.6) is 5.75 Å². The van der Waals surface area contributed by atoms with Crippen LogP contribution in [0, 0.1) is 5.92 Å². The lowest BCUT2D eigenvalue weighted by Gasteiger charge is -2.05. The highest BCUT2D eigenvalue weighted by molar-refractivity contribution is 6.32. The number of methoxy groups -OCH3 is 1. The first-order chi connectivity index (χ1) is 8.63. The van der Waals surface area contributed by atoms with Crippen molar-refractivity contribution in [3.05, 3.63) is 34.9 Å². The molecule has 1 aromatic rings. The molecule has 1 N–H and O–H groups in total. The van der Waals surface area contributed by atoms with E-state index in [-0.39, 0.29) is 0 Å². The molecule has 1 rings (SSSR count). The van der Waals surface area contributed by atoms with Crippen molar-refractivity contribution in [2.75, 3.05) is 20.2 Å². The van der Waals surface area contributed by atoms with Crippen LogP contribution in [0.1, 0.15) is 25.8 Å². The molecule has 0 saturated heterocycles. The average Bonchev–Trinajstić information content (AvgIpc) is 2.35. The van der Waals surface area contributed by atoms with Gasteiger partial charge in [0.2, 0.25) is 0 Å². The molecule has 0 spiro atoms. The Morgan fingerprint density at radius 2 is 2.17 bits per heavy atom. The molecule has 0 amide bonds. The van der Waals surface area contributed by atoms with Crippen molar-refractivity contribution in [1.82, 2.24) is 5.32 Å². The molecule has 0 aliphatic carbocycles. The first-order valence-electron chi connectivity index (χ1n) is 6.34. The average molecular weight is 268 g/mol. The molecule has 0 aromatic heterocycles. The smallest absolute Gasteiger partial charge is 0.138 e. The van der Waals surface area contributed by atoms with Gasteiger partial charge in [0.25, 0.3) is 0 Å². The summed E-state index contributed by atoms with van der Waals surface area (Å²) in [6, 6.07) is 5.79. The second-order valence-electron chi connectivity index (χ2n) is 4.68. The van der Waals surface area contributed by atoms with Crippen LogP contribution >= 0.6 is 11.6 Å². The summed E-state index contributed by atoms with van der Waals surface area (Å²) in [7, 11) is 1.63. The van der Waals surface area contributed by atoms with Crippen LogP contribution in [0.3, 0.4) is 0 Å². The van der Waals surface area contributed by atoms with Crippen molar-refractivity contribution in [2.45, 2.75) is 20.3 Å². The summed E-state index contributed by atoms with van der Waals surface area (Å²) in [6.45, 7) is 6.51. The van der Waals surface area contributed by atoms with Crippen molar-refractivity contribution < 1.29 is 4.74 Å².